The number of nitrogens with one attached hydrogen (secondary N) is 1. The molecule has 3 rings (SSSR count). The van der Waals surface area contributed by atoms with Gasteiger partial charge in [0.15, 0.2) is 0 Å². The van der Waals surface area contributed by atoms with Gasteiger partial charge in [0.25, 0.3) is 5.91 Å². The van der Waals surface area contributed by atoms with Crippen LogP contribution in [0.15, 0.2) is 78.4 Å². The summed E-state index contributed by atoms with van der Waals surface area (Å²) >= 11 is 0. The third-order valence-electron chi connectivity index (χ3n) is 4.23. The first-order valence-corrected chi connectivity index (χ1v) is 8.87. The molecule has 3 aromatic rings. The fourth-order valence-corrected chi connectivity index (χ4v) is 2.85. The Hall–Kier alpha value is -3.71. The second-order valence-electron chi connectivity index (χ2n) is 6.54. The number of carbonyl (C=O) groups excluding carboxylic acids is 1. The van der Waals surface area contributed by atoms with E-state index in [1.807, 2.05) is 61.5 Å². The predicted octanol–water partition coefficient (Wildman–Crippen LogP) is 5.27. The molecule has 0 atom stereocenters. The van der Waals surface area contributed by atoms with Crippen molar-refractivity contribution in [1.29, 1.82) is 5.26 Å². The number of amides is 1. The maximum atomic E-state index is 13.3. The third kappa shape index (κ3) is 5.15. The third-order valence-corrected chi connectivity index (χ3v) is 4.23. The summed E-state index contributed by atoms with van der Waals surface area (Å²) in [5.41, 5.74) is 4.35. The average Bonchev–Trinajstić information content (AvgIpc) is 2.67. The Morgan fingerprint density at radius 2 is 1.79 bits per heavy atom. The van der Waals surface area contributed by atoms with E-state index >= 15 is 0 Å². The molecule has 0 radical (unpaired) electrons. The van der Waals surface area contributed by atoms with Gasteiger partial charge in [-0.1, -0.05) is 48.5 Å². The van der Waals surface area contributed by atoms with Crippen LogP contribution in [0.5, 0.6) is 0 Å². The lowest BCUT2D eigenvalue weighted by Gasteiger charge is -2.06. The van der Waals surface area contributed by atoms with Crippen LogP contribution < -0.4 is 5.32 Å². The van der Waals surface area contributed by atoms with Crippen molar-refractivity contribution in [2.75, 3.05) is 5.32 Å². The molecule has 0 fully saturated rings. The van der Waals surface area contributed by atoms with Crippen LogP contribution in [0.4, 0.5) is 10.1 Å². The minimum atomic E-state index is -0.447. The number of aryl methyl sites for hydroxylation is 1. The molecule has 138 valence electrons. The molecule has 28 heavy (non-hydrogen) atoms. The molecule has 3 aromatic carbocycles. The van der Waals surface area contributed by atoms with Gasteiger partial charge in [-0.3, -0.25) is 4.79 Å². The van der Waals surface area contributed by atoms with Crippen LogP contribution in [-0.2, 0) is 11.2 Å². The molecule has 1 amide bonds. The zero-order valence-electron chi connectivity index (χ0n) is 15.4. The summed E-state index contributed by atoms with van der Waals surface area (Å²) < 4.78 is 13.3. The van der Waals surface area contributed by atoms with Crippen molar-refractivity contribution >= 4 is 17.7 Å². The van der Waals surface area contributed by atoms with Gasteiger partial charge < -0.3 is 5.32 Å². The Bertz CT molecular complexity index is 1060. The molecule has 0 aromatic heterocycles. The number of carbonyl (C=O) groups is 1. The molecular formula is C24H19FN2O. The number of anilines is 1. The molecule has 0 saturated carbocycles. The highest BCUT2D eigenvalue weighted by Crippen LogP contribution is 2.15. The van der Waals surface area contributed by atoms with E-state index in [0.717, 1.165) is 22.3 Å². The lowest BCUT2D eigenvalue weighted by molar-refractivity contribution is -0.112. The first kappa shape index (κ1) is 19.1. The molecule has 0 spiro atoms. The van der Waals surface area contributed by atoms with E-state index in [9.17, 15) is 14.4 Å². The lowest BCUT2D eigenvalue weighted by Crippen LogP contribution is -2.13. The number of benzene rings is 3. The van der Waals surface area contributed by atoms with Crippen LogP contribution in [0.25, 0.3) is 6.08 Å². The van der Waals surface area contributed by atoms with Gasteiger partial charge in [-0.2, -0.15) is 5.26 Å². The van der Waals surface area contributed by atoms with E-state index in [2.05, 4.69) is 5.32 Å². The highest BCUT2D eigenvalue weighted by molar-refractivity contribution is 6.09. The van der Waals surface area contributed by atoms with Crippen LogP contribution in [0, 0.1) is 24.1 Å². The molecule has 3 nitrogen and oxygen atoms in total. The normalized spacial score (nSPS) is 11.0. The van der Waals surface area contributed by atoms with Crippen molar-refractivity contribution in [1.82, 2.24) is 0 Å². The zero-order valence-corrected chi connectivity index (χ0v) is 15.4. The minimum Gasteiger partial charge on any atom is -0.321 e. The SMILES string of the molecule is Cc1cccc(NC(=O)/C(C#N)=C/c2ccc(Cc3cccc(F)c3)cc2)c1. The topological polar surface area (TPSA) is 52.9 Å². The van der Waals surface area contributed by atoms with E-state index in [0.29, 0.717) is 12.1 Å². The zero-order chi connectivity index (χ0) is 19.9. The van der Waals surface area contributed by atoms with Crippen molar-refractivity contribution in [2.24, 2.45) is 0 Å². The van der Waals surface area contributed by atoms with Gasteiger partial charge in [0.2, 0.25) is 0 Å². The molecule has 1 N–H and O–H groups in total. The molecule has 0 aliphatic rings. The van der Waals surface area contributed by atoms with Gasteiger partial charge in [-0.05, 0) is 65.9 Å². The molecule has 0 unspecified atom stereocenters. The largest absolute Gasteiger partial charge is 0.321 e. The quantitative estimate of drug-likeness (QED) is 0.491. The number of nitriles is 1. The number of hydrogen-bond donors (Lipinski definition) is 1. The number of nitrogens with zero attached hydrogens (tertiary/aromatic N) is 1. The van der Waals surface area contributed by atoms with Crippen LogP contribution >= 0.6 is 0 Å². The maximum absolute atomic E-state index is 13.3. The standard InChI is InChI=1S/C24H19FN2O/c1-17-4-2-7-23(12-17)27-24(28)21(16-26)14-19-10-8-18(9-11-19)13-20-5-3-6-22(25)15-20/h2-12,14-15H,13H2,1H3,(H,27,28)/b21-14+. The highest BCUT2D eigenvalue weighted by atomic mass is 19.1. The summed E-state index contributed by atoms with van der Waals surface area (Å²) in [5.74, 6) is -0.702. The molecule has 0 aliphatic heterocycles. The summed E-state index contributed by atoms with van der Waals surface area (Å²) in [4.78, 5) is 12.4. The van der Waals surface area contributed by atoms with Crippen molar-refractivity contribution in [3.63, 3.8) is 0 Å². The van der Waals surface area contributed by atoms with E-state index < -0.39 is 5.91 Å². The Balaban J connectivity index is 1.71. The average molecular weight is 370 g/mol. The summed E-state index contributed by atoms with van der Waals surface area (Å²) in [6, 6.07) is 23.3. The molecular weight excluding hydrogens is 351 g/mol. The van der Waals surface area contributed by atoms with Crippen molar-refractivity contribution in [2.45, 2.75) is 13.3 Å². The van der Waals surface area contributed by atoms with Gasteiger partial charge in [0.05, 0.1) is 0 Å². The summed E-state index contributed by atoms with van der Waals surface area (Å²) in [6.07, 6.45) is 2.16. The van der Waals surface area contributed by atoms with Gasteiger partial charge in [0, 0.05) is 5.69 Å². The van der Waals surface area contributed by atoms with Crippen molar-refractivity contribution in [3.8, 4) is 6.07 Å². The van der Waals surface area contributed by atoms with Crippen molar-refractivity contribution in [3.05, 3.63) is 106 Å². The summed E-state index contributed by atoms with van der Waals surface area (Å²) in [7, 11) is 0. The Labute approximate surface area is 163 Å². The van der Waals surface area contributed by atoms with Gasteiger partial charge in [0.1, 0.15) is 17.5 Å². The van der Waals surface area contributed by atoms with Crippen molar-refractivity contribution < 1.29 is 9.18 Å². The molecule has 0 heterocycles. The fraction of sp³-hybridized carbons (Fsp3) is 0.0833. The molecule has 4 heteroatoms. The first-order chi connectivity index (χ1) is 13.5. The number of hydrogen-bond acceptors (Lipinski definition) is 2. The first-order valence-electron chi connectivity index (χ1n) is 8.87. The highest BCUT2D eigenvalue weighted by Gasteiger charge is 2.09. The monoisotopic (exact) mass is 370 g/mol. The second kappa shape index (κ2) is 8.79. The molecule has 0 saturated heterocycles. The van der Waals surface area contributed by atoms with Gasteiger partial charge in [-0.15, -0.1) is 0 Å². The van der Waals surface area contributed by atoms with E-state index in [1.54, 1.807) is 18.2 Å². The Kier molecular flexibility index (Phi) is 5.98. The molecule has 0 aliphatic carbocycles. The Morgan fingerprint density at radius 1 is 1.04 bits per heavy atom. The summed E-state index contributed by atoms with van der Waals surface area (Å²) in [6.45, 7) is 1.93. The Morgan fingerprint density at radius 3 is 2.46 bits per heavy atom. The molecule has 0 bridgehead atoms. The van der Waals surface area contributed by atoms with E-state index in [1.165, 1.54) is 12.1 Å². The van der Waals surface area contributed by atoms with Crippen LogP contribution in [0.1, 0.15) is 22.3 Å². The summed E-state index contributed by atoms with van der Waals surface area (Å²) in [5, 5.41) is 12.1. The second-order valence-corrected chi connectivity index (χ2v) is 6.54. The van der Waals surface area contributed by atoms with Gasteiger partial charge >= 0.3 is 0 Å². The van der Waals surface area contributed by atoms with Crippen LogP contribution in [0.3, 0.4) is 0 Å². The minimum absolute atomic E-state index is 0.0272. The van der Waals surface area contributed by atoms with Gasteiger partial charge in [-0.25, -0.2) is 4.39 Å². The number of halogens is 1. The van der Waals surface area contributed by atoms with E-state index in [4.69, 9.17) is 0 Å². The smallest absolute Gasteiger partial charge is 0.266 e. The predicted molar refractivity (Wildman–Crippen MR) is 109 cm³/mol. The van der Waals surface area contributed by atoms with Crippen LogP contribution in [-0.4, -0.2) is 5.91 Å². The lowest BCUT2D eigenvalue weighted by atomic mass is 10.0. The number of rotatable bonds is 5. The van der Waals surface area contributed by atoms with Crippen LogP contribution in [0.2, 0.25) is 0 Å². The fourth-order valence-electron chi connectivity index (χ4n) is 2.85. The van der Waals surface area contributed by atoms with E-state index in [-0.39, 0.29) is 11.4 Å². The maximum Gasteiger partial charge on any atom is 0.266 e.